The van der Waals surface area contributed by atoms with Gasteiger partial charge in [-0.1, -0.05) is 36.4 Å². The molecular weight excluding hydrogens is 300 g/mol. The summed E-state index contributed by atoms with van der Waals surface area (Å²) in [6.07, 6.45) is 0. The number of hydrogen-bond donors (Lipinski definition) is 1. The van der Waals surface area contributed by atoms with E-state index >= 15 is 0 Å². The molecular formula is C20H22N2O2. The lowest BCUT2D eigenvalue weighted by molar-refractivity contribution is 0.0951. The smallest absolute Gasteiger partial charge is 0.251 e. The largest absolute Gasteiger partial charge is 0.489 e. The maximum Gasteiger partial charge on any atom is 0.251 e. The molecule has 2 aliphatic heterocycles. The van der Waals surface area contributed by atoms with Gasteiger partial charge in [0.2, 0.25) is 0 Å². The second kappa shape index (κ2) is 6.29. The first-order valence-electron chi connectivity index (χ1n) is 8.48. The molecule has 0 bridgehead atoms. The monoisotopic (exact) mass is 322 g/mol. The van der Waals surface area contributed by atoms with Gasteiger partial charge >= 0.3 is 0 Å². The molecule has 0 unspecified atom stereocenters. The van der Waals surface area contributed by atoms with Crippen molar-refractivity contribution in [1.82, 2.24) is 10.2 Å². The van der Waals surface area contributed by atoms with Crippen molar-refractivity contribution in [2.75, 3.05) is 26.7 Å². The predicted molar refractivity (Wildman–Crippen MR) is 93.3 cm³/mol. The van der Waals surface area contributed by atoms with Crippen LogP contribution in [0.25, 0.3) is 0 Å². The third-order valence-corrected chi connectivity index (χ3v) is 5.07. The van der Waals surface area contributed by atoms with E-state index < -0.39 is 0 Å². The molecule has 24 heavy (non-hydrogen) atoms. The molecule has 0 aromatic heterocycles. The van der Waals surface area contributed by atoms with Gasteiger partial charge in [0.1, 0.15) is 12.4 Å². The van der Waals surface area contributed by atoms with Crippen molar-refractivity contribution in [3.05, 3.63) is 65.2 Å². The topological polar surface area (TPSA) is 41.6 Å². The van der Waals surface area contributed by atoms with E-state index in [1.165, 1.54) is 0 Å². The van der Waals surface area contributed by atoms with Crippen molar-refractivity contribution >= 4 is 5.91 Å². The molecule has 1 fully saturated rings. The summed E-state index contributed by atoms with van der Waals surface area (Å²) in [6, 6.07) is 16.0. The molecule has 124 valence electrons. The molecule has 4 heteroatoms. The molecule has 1 N–H and O–H groups in total. The Balaban J connectivity index is 1.58. The van der Waals surface area contributed by atoms with Crippen LogP contribution in [0.4, 0.5) is 0 Å². The lowest BCUT2D eigenvalue weighted by atomic mass is 9.87. The number of rotatable bonds is 3. The Morgan fingerprint density at radius 1 is 1.17 bits per heavy atom. The third kappa shape index (κ3) is 2.89. The number of nitrogens with zero attached hydrogens (tertiary/aromatic N) is 1. The van der Waals surface area contributed by atoms with E-state index in [4.69, 9.17) is 4.74 Å². The van der Waals surface area contributed by atoms with Crippen LogP contribution in [-0.4, -0.2) is 37.5 Å². The zero-order valence-electron chi connectivity index (χ0n) is 13.9. The van der Waals surface area contributed by atoms with Gasteiger partial charge in [-0.05, 0) is 36.2 Å². The highest BCUT2D eigenvalue weighted by Gasteiger charge is 2.36. The Kier molecular flexibility index (Phi) is 3.98. The van der Waals surface area contributed by atoms with E-state index in [2.05, 4.69) is 23.3 Å². The van der Waals surface area contributed by atoms with Gasteiger partial charge in [-0.15, -0.1) is 0 Å². The van der Waals surface area contributed by atoms with E-state index in [9.17, 15) is 4.79 Å². The van der Waals surface area contributed by atoms with E-state index in [-0.39, 0.29) is 5.91 Å². The van der Waals surface area contributed by atoms with Crippen LogP contribution in [0.5, 0.6) is 5.75 Å². The quantitative estimate of drug-likeness (QED) is 0.944. The van der Waals surface area contributed by atoms with E-state index in [0.717, 1.165) is 42.1 Å². The van der Waals surface area contributed by atoms with E-state index in [0.29, 0.717) is 18.4 Å². The number of carbonyl (C=O) groups is 1. The Morgan fingerprint density at radius 3 is 2.83 bits per heavy atom. The number of carbonyl (C=O) groups excluding carboxylic acids is 1. The number of hydrogen-bond acceptors (Lipinski definition) is 3. The van der Waals surface area contributed by atoms with E-state index in [1.807, 2.05) is 42.5 Å². The minimum absolute atomic E-state index is 0.0206. The molecule has 0 spiro atoms. The van der Waals surface area contributed by atoms with Gasteiger partial charge in [-0.3, -0.25) is 4.79 Å². The maximum absolute atomic E-state index is 12.5. The van der Waals surface area contributed by atoms with Crippen molar-refractivity contribution in [1.29, 1.82) is 0 Å². The Hall–Kier alpha value is -2.33. The molecule has 2 aliphatic rings. The second-order valence-corrected chi connectivity index (χ2v) is 6.82. The lowest BCUT2D eigenvalue weighted by Gasteiger charge is -2.17. The molecule has 2 heterocycles. The number of ether oxygens (including phenoxy) is 1. The average Bonchev–Trinajstić information content (AvgIpc) is 2.93. The molecule has 2 aromatic rings. The summed E-state index contributed by atoms with van der Waals surface area (Å²) in [6.45, 7) is 3.31. The van der Waals surface area contributed by atoms with Gasteiger partial charge in [-0.25, -0.2) is 0 Å². The summed E-state index contributed by atoms with van der Waals surface area (Å²) in [5.41, 5.74) is 3.05. The Labute approximate surface area is 142 Å². The van der Waals surface area contributed by atoms with E-state index in [1.54, 1.807) is 0 Å². The normalized spacial score (nSPS) is 23.1. The highest BCUT2D eigenvalue weighted by atomic mass is 16.5. The molecule has 2 aromatic carbocycles. The zero-order valence-corrected chi connectivity index (χ0v) is 13.9. The Bertz CT molecular complexity index is 745. The first kappa shape index (κ1) is 15.2. The molecule has 1 amide bonds. The lowest BCUT2D eigenvalue weighted by Crippen LogP contribution is -2.29. The fourth-order valence-electron chi connectivity index (χ4n) is 3.85. The molecule has 4 rings (SSSR count). The standard InChI is InChI=1S/C20H22N2O2/c1-22-11-15-10-21-20(23)18-9-16(7-8-17(18)19(15)12-22)24-13-14-5-3-2-4-6-14/h2-9,15,19H,10-13H2,1H3,(H,21,23)/t15-,19-/m0/s1. The number of likely N-dealkylation sites (N-methyl/N-ethyl adjacent to an activating group) is 1. The fraction of sp³-hybridized carbons (Fsp3) is 0.350. The SMILES string of the molecule is CN1C[C@@H]2CNC(=O)c3cc(OCc4ccccc4)ccc3[C@H]2C1. The zero-order chi connectivity index (χ0) is 16.5. The molecule has 0 aliphatic carbocycles. The number of benzene rings is 2. The van der Waals surface area contributed by atoms with Gasteiger partial charge in [0, 0.05) is 31.1 Å². The van der Waals surface area contributed by atoms with Crippen LogP contribution < -0.4 is 10.1 Å². The second-order valence-electron chi connectivity index (χ2n) is 6.82. The van der Waals surface area contributed by atoms with Crippen LogP contribution in [-0.2, 0) is 6.61 Å². The first-order valence-corrected chi connectivity index (χ1v) is 8.48. The van der Waals surface area contributed by atoms with Crippen molar-refractivity contribution in [3.63, 3.8) is 0 Å². The predicted octanol–water partition coefficient (Wildman–Crippen LogP) is 2.65. The van der Waals surface area contributed by atoms with Crippen LogP contribution >= 0.6 is 0 Å². The molecule has 0 saturated carbocycles. The summed E-state index contributed by atoms with van der Waals surface area (Å²) in [5.74, 6) is 1.69. The molecule has 4 nitrogen and oxygen atoms in total. The summed E-state index contributed by atoms with van der Waals surface area (Å²) in [5, 5.41) is 3.07. The number of amides is 1. The Morgan fingerprint density at radius 2 is 2.00 bits per heavy atom. The number of fused-ring (bicyclic) bond motifs is 3. The average molecular weight is 322 g/mol. The van der Waals surface area contributed by atoms with Gasteiger partial charge in [0.15, 0.2) is 0 Å². The fourth-order valence-corrected chi connectivity index (χ4v) is 3.85. The summed E-state index contributed by atoms with van der Waals surface area (Å²) >= 11 is 0. The third-order valence-electron chi connectivity index (χ3n) is 5.07. The number of nitrogens with one attached hydrogen (secondary N) is 1. The van der Waals surface area contributed by atoms with Gasteiger partial charge in [0.25, 0.3) is 5.91 Å². The summed E-state index contributed by atoms with van der Waals surface area (Å²) in [4.78, 5) is 14.8. The maximum atomic E-state index is 12.5. The molecule has 1 saturated heterocycles. The summed E-state index contributed by atoms with van der Waals surface area (Å²) in [7, 11) is 2.15. The minimum Gasteiger partial charge on any atom is -0.489 e. The highest BCUT2D eigenvalue weighted by molar-refractivity contribution is 5.96. The van der Waals surface area contributed by atoms with Gasteiger partial charge < -0.3 is 15.0 Å². The van der Waals surface area contributed by atoms with Crippen LogP contribution in [0.15, 0.2) is 48.5 Å². The van der Waals surface area contributed by atoms with Gasteiger partial charge in [0.05, 0.1) is 0 Å². The van der Waals surface area contributed by atoms with Crippen molar-refractivity contribution in [2.24, 2.45) is 5.92 Å². The highest BCUT2D eigenvalue weighted by Crippen LogP contribution is 2.36. The van der Waals surface area contributed by atoms with Crippen LogP contribution in [0.3, 0.4) is 0 Å². The summed E-state index contributed by atoms with van der Waals surface area (Å²) < 4.78 is 5.89. The number of likely N-dealkylation sites (tertiary alicyclic amines) is 1. The molecule has 0 radical (unpaired) electrons. The van der Waals surface area contributed by atoms with Crippen LogP contribution in [0.2, 0.25) is 0 Å². The van der Waals surface area contributed by atoms with Gasteiger partial charge in [-0.2, -0.15) is 0 Å². The van der Waals surface area contributed by atoms with Crippen molar-refractivity contribution < 1.29 is 9.53 Å². The van der Waals surface area contributed by atoms with Crippen LogP contribution in [0.1, 0.15) is 27.4 Å². The van der Waals surface area contributed by atoms with Crippen molar-refractivity contribution in [3.8, 4) is 5.75 Å². The first-order chi connectivity index (χ1) is 11.7. The van der Waals surface area contributed by atoms with Crippen LogP contribution in [0, 0.1) is 5.92 Å². The molecule has 2 atom stereocenters. The van der Waals surface area contributed by atoms with Crippen molar-refractivity contribution in [2.45, 2.75) is 12.5 Å². The minimum atomic E-state index is 0.0206.